The normalized spacial score (nSPS) is 16.2. The number of esters is 2. The summed E-state index contributed by atoms with van der Waals surface area (Å²) in [5.41, 5.74) is 2.68. The van der Waals surface area contributed by atoms with Gasteiger partial charge in [0.1, 0.15) is 23.6 Å². The summed E-state index contributed by atoms with van der Waals surface area (Å²) in [6, 6.07) is 11.9. The largest absolute Gasteiger partial charge is 0.508 e. The molecular weight excluding hydrogens is 623 g/mol. The molecule has 2 aromatic carbocycles. The van der Waals surface area contributed by atoms with Gasteiger partial charge in [-0.15, -0.1) is 0 Å². The minimum absolute atomic E-state index is 0. The van der Waals surface area contributed by atoms with E-state index in [1.807, 2.05) is 0 Å². The van der Waals surface area contributed by atoms with E-state index in [1.165, 1.54) is 38.8 Å². The van der Waals surface area contributed by atoms with Gasteiger partial charge in [-0.25, -0.2) is 9.59 Å². The predicted molar refractivity (Wildman–Crippen MR) is 164 cm³/mol. The number of methoxy groups -OCH3 is 2. The van der Waals surface area contributed by atoms with Gasteiger partial charge >= 0.3 is 11.9 Å². The second kappa shape index (κ2) is 18.5. The van der Waals surface area contributed by atoms with Gasteiger partial charge in [-0.2, -0.15) is 0 Å². The van der Waals surface area contributed by atoms with Crippen LogP contribution in [0.25, 0.3) is 0 Å². The molecule has 10 nitrogen and oxygen atoms in total. The number of hydrogen-bond donors (Lipinski definition) is 4. The molecule has 0 heterocycles. The molecule has 237 valence electrons. The van der Waals surface area contributed by atoms with E-state index < -0.39 is 24.0 Å². The molecule has 2 aliphatic rings. The zero-order valence-corrected chi connectivity index (χ0v) is 25.7. The maximum Gasteiger partial charge on any atom is 0.328 e. The third-order valence-corrected chi connectivity index (χ3v) is 6.44. The number of benzene rings is 2. The summed E-state index contributed by atoms with van der Waals surface area (Å²) in [6.45, 7) is 0. The number of phenolic OH excluding ortho intramolecular Hbond substituents is 2. The van der Waals surface area contributed by atoms with Gasteiger partial charge in [0.2, 0.25) is 0 Å². The molecule has 2 atom stereocenters. The molecule has 0 amide bonds. The summed E-state index contributed by atoms with van der Waals surface area (Å²) in [7, 11) is 2.63. The first-order valence-corrected chi connectivity index (χ1v) is 13.6. The number of carbonyl (C=O) groups is 4. The third kappa shape index (κ3) is 11.8. The Morgan fingerprint density at radius 2 is 0.978 bits per heavy atom. The van der Waals surface area contributed by atoms with Crippen molar-refractivity contribution in [1.82, 2.24) is 10.6 Å². The maximum atomic E-state index is 11.9. The summed E-state index contributed by atoms with van der Waals surface area (Å²) in [4.78, 5) is 47.0. The zero-order chi connectivity index (χ0) is 31.9. The summed E-state index contributed by atoms with van der Waals surface area (Å²) in [5.74, 6) is -0.761. The van der Waals surface area contributed by atoms with E-state index in [0.29, 0.717) is 24.0 Å². The van der Waals surface area contributed by atoms with Crippen LogP contribution in [-0.4, -0.2) is 60.0 Å². The quantitative estimate of drug-likeness (QED) is 0.221. The Hall–Kier alpha value is -5.13. The van der Waals surface area contributed by atoms with Crippen molar-refractivity contribution in [2.75, 3.05) is 14.2 Å². The number of aromatic hydroxyl groups is 2. The second-order valence-electron chi connectivity index (χ2n) is 9.59. The van der Waals surface area contributed by atoms with Gasteiger partial charge in [0.25, 0.3) is 0 Å². The van der Waals surface area contributed by atoms with E-state index in [0.717, 1.165) is 11.1 Å². The van der Waals surface area contributed by atoms with Gasteiger partial charge in [-0.3, -0.25) is 9.59 Å². The molecular formula is C34H34CoN2O8. The number of rotatable bonds is 10. The number of nitrogens with one attached hydrogen (secondary N) is 2. The van der Waals surface area contributed by atoms with Crippen LogP contribution in [0, 0.1) is 0 Å². The van der Waals surface area contributed by atoms with Crippen LogP contribution < -0.4 is 10.6 Å². The van der Waals surface area contributed by atoms with Crippen molar-refractivity contribution in [3.8, 4) is 11.5 Å². The zero-order valence-electron chi connectivity index (χ0n) is 24.6. The van der Waals surface area contributed by atoms with Crippen LogP contribution in [0.5, 0.6) is 11.5 Å². The molecule has 0 bridgehead atoms. The van der Waals surface area contributed by atoms with E-state index in [9.17, 15) is 29.4 Å². The summed E-state index contributed by atoms with van der Waals surface area (Å²) in [6.07, 6.45) is 16.9. The molecule has 4 rings (SSSR count). The minimum Gasteiger partial charge on any atom is -0.508 e. The molecule has 0 aromatic heterocycles. The molecule has 45 heavy (non-hydrogen) atoms. The Labute approximate surface area is 271 Å². The van der Waals surface area contributed by atoms with Crippen molar-refractivity contribution < 1.29 is 55.6 Å². The molecule has 11 heteroatoms. The number of allylic oxidation sites excluding steroid dienone is 10. The Morgan fingerprint density at radius 3 is 1.29 bits per heavy atom. The number of hydrogen-bond acceptors (Lipinski definition) is 10. The van der Waals surface area contributed by atoms with Crippen LogP contribution in [-0.2, 0) is 58.3 Å². The summed E-state index contributed by atoms with van der Waals surface area (Å²) in [5, 5.41) is 24.4. The van der Waals surface area contributed by atoms with Crippen LogP contribution in [0.3, 0.4) is 0 Å². The van der Waals surface area contributed by atoms with E-state index in [2.05, 4.69) is 10.6 Å². The first-order valence-electron chi connectivity index (χ1n) is 13.6. The fraction of sp³-hybridized carbons (Fsp3) is 0.176. The molecule has 0 spiro atoms. The van der Waals surface area contributed by atoms with Gasteiger partial charge in [-0.1, -0.05) is 48.6 Å². The first kappa shape index (κ1) is 36.1. The molecule has 0 saturated carbocycles. The number of ether oxygens (including phenoxy) is 2. The molecule has 0 aliphatic heterocycles. The first-order chi connectivity index (χ1) is 21.2. The van der Waals surface area contributed by atoms with Crippen LogP contribution in [0.1, 0.15) is 11.1 Å². The molecule has 0 saturated heterocycles. The van der Waals surface area contributed by atoms with E-state index in [4.69, 9.17) is 9.47 Å². The SMILES string of the molecule is COC(=O)C(Cc1ccc(O)cc1)N/C=C1/C=CC=CC1=O.COC(=O)C(Cc1ccc(O)cc1)N/C=C1/C=CC=CC1=O.[Co]. The molecule has 1 radical (unpaired) electrons. The Balaban J connectivity index is 0.000000307. The van der Waals surface area contributed by atoms with Crippen molar-refractivity contribution >= 4 is 23.5 Å². The average Bonchev–Trinajstić information content (AvgIpc) is 3.04. The predicted octanol–water partition coefficient (Wildman–Crippen LogP) is 3.29. The topological polar surface area (TPSA) is 151 Å². The summed E-state index contributed by atoms with van der Waals surface area (Å²) < 4.78 is 9.56. The van der Waals surface area contributed by atoms with E-state index in [1.54, 1.807) is 85.0 Å². The maximum absolute atomic E-state index is 11.9. The van der Waals surface area contributed by atoms with Crippen molar-refractivity contribution in [3.05, 3.63) is 132 Å². The number of ketones is 2. The van der Waals surface area contributed by atoms with Crippen molar-refractivity contribution in [1.29, 1.82) is 0 Å². The van der Waals surface area contributed by atoms with Crippen LogP contribution in [0.15, 0.2) is 121 Å². The third-order valence-electron chi connectivity index (χ3n) is 6.44. The van der Waals surface area contributed by atoms with Crippen molar-refractivity contribution in [2.45, 2.75) is 24.9 Å². The monoisotopic (exact) mass is 657 g/mol. The second-order valence-corrected chi connectivity index (χ2v) is 9.59. The smallest absolute Gasteiger partial charge is 0.328 e. The van der Waals surface area contributed by atoms with Crippen molar-refractivity contribution in [2.24, 2.45) is 0 Å². The molecule has 4 N–H and O–H groups in total. The van der Waals surface area contributed by atoms with Crippen LogP contribution >= 0.6 is 0 Å². The van der Waals surface area contributed by atoms with Gasteiger partial charge in [0.15, 0.2) is 11.6 Å². The van der Waals surface area contributed by atoms with E-state index in [-0.39, 0.29) is 39.8 Å². The number of carbonyl (C=O) groups excluding carboxylic acids is 4. The van der Waals surface area contributed by atoms with Gasteiger partial charge < -0.3 is 30.3 Å². The number of phenols is 2. The molecule has 0 fully saturated rings. The van der Waals surface area contributed by atoms with E-state index >= 15 is 0 Å². The Bertz CT molecular complexity index is 1400. The summed E-state index contributed by atoms with van der Waals surface area (Å²) >= 11 is 0. The molecule has 2 aliphatic carbocycles. The van der Waals surface area contributed by atoms with Crippen molar-refractivity contribution in [3.63, 3.8) is 0 Å². The van der Waals surface area contributed by atoms with Gasteiger partial charge in [0, 0.05) is 53.2 Å². The Kier molecular flexibility index (Phi) is 14.8. The fourth-order valence-electron chi connectivity index (χ4n) is 4.02. The molecule has 2 aromatic rings. The molecule has 2 unspecified atom stereocenters. The Morgan fingerprint density at radius 1 is 0.644 bits per heavy atom. The minimum atomic E-state index is -0.617. The average molecular weight is 658 g/mol. The van der Waals surface area contributed by atoms with Gasteiger partial charge in [-0.05, 0) is 59.7 Å². The van der Waals surface area contributed by atoms with Crippen LogP contribution in [0.4, 0.5) is 0 Å². The fourth-order valence-corrected chi connectivity index (χ4v) is 4.02. The van der Waals surface area contributed by atoms with Crippen LogP contribution in [0.2, 0.25) is 0 Å². The van der Waals surface area contributed by atoms with Gasteiger partial charge in [0.05, 0.1) is 14.2 Å². The standard InChI is InChI=1S/2C17H17NO4.Co/c2*1-22-17(21)15(10-12-6-8-14(19)9-7-12)18-11-13-4-2-3-5-16(13)20;/h2*2-9,11,15,18-19H,10H2,1H3;/b2*13-11-;.